The van der Waals surface area contributed by atoms with Gasteiger partial charge in [-0.2, -0.15) is 11.8 Å². The highest BCUT2D eigenvalue weighted by Crippen LogP contribution is 2.43. The highest BCUT2D eigenvalue weighted by molar-refractivity contribution is 7.99. The fourth-order valence-corrected chi connectivity index (χ4v) is 6.65. The van der Waals surface area contributed by atoms with Gasteiger partial charge in [0.15, 0.2) is 6.10 Å². The maximum absolute atomic E-state index is 12.3. The van der Waals surface area contributed by atoms with Gasteiger partial charge in [0.1, 0.15) is 0 Å². The molecule has 4 atom stereocenters. The third-order valence-electron chi connectivity index (χ3n) is 6.24. The lowest BCUT2D eigenvalue weighted by Gasteiger charge is -2.27. The van der Waals surface area contributed by atoms with E-state index in [1.807, 2.05) is 25.6 Å². The van der Waals surface area contributed by atoms with Crippen molar-refractivity contribution in [2.75, 3.05) is 18.5 Å². The van der Waals surface area contributed by atoms with Crippen LogP contribution in [0.4, 0.5) is 0 Å². The van der Waals surface area contributed by atoms with Crippen molar-refractivity contribution in [1.29, 1.82) is 0 Å². The third-order valence-corrected chi connectivity index (χ3v) is 9.19. The van der Waals surface area contributed by atoms with E-state index in [1.165, 1.54) is 70.6 Å². The van der Waals surface area contributed by atoms with E-state index in [0.717, 1.165) is 31.4 Å². The molecule has 0 fully saturated rings. The maximum Gasteiger partial charge on any atom is 0.333 e. The quantitative estimate of drug-likeness (QED) is 0.0843. The third kappa shape index (κ3) is 20.6. The van der Waals surface area contributed by atoms with E-state index < -0.39 is 25.8 Å². The zero-order valence-electron chi connectivity index (χ0n) is 23.0. The monoisotopic (exact) mass is 538 g/mol. The molecule has 0 rings (SSSR count). The number of thioether (sulfide) groups is 1. The Morgan fingerprint density at radius 2 is 1.34 bits per heavy atom. The summed E-state index contributed by atoms with van der Waals surface area (Å²) in [5.41, 5.74) is 0. The van der Waals surface area contributed by atoms with Crippen molar-refractivity contribution < 1.29 is 28.6 Å². The van der Waals surface area contributed by atoms with Crippen molar-refractivity contribution in [2.45, 2.75) is 148 Å². The first kappa shape index (κ1) is 34.9. The number of carbonyl (C=O) groups is 1. The van der Waals surface area contributed by atoms with E-state index >= 15 is 0 Å². The molecule has 0 aromatic heterocycles. The van der Waals surface area contributed by atoms with Crippen LogP contribution in [0.25, 0.3) is 0 Å². The molecule has 0 amide bonds. The smallest absolute Gasteiger partial charge is 0.333 e. The minimum absolute atomic E-state index is 0.129. The van der Waals surface area contributed by atoms with Crippen LogP contribution in [-0.2, 0) is 18.6 Å². The van der Waals surface area contributed by atoms with Gasteiger partial charge < -0.3 is 19.3 Å². The molecule has 0 saturated carbocycles. The Balaban J connectivity index is 4.56. The van der Waals surface area contributed by atoms with Crippen molar-refractivity contribution in [2.24, 2.45) is 0 Å². The van der Waals surface area contributed by atoms with E-state index in [9.17, 15) is 19.4 Å². The van der Waals surface area contributed by atoms with Crippen LogP contribution >= 0.6 is 19.4 Å². The van der Waals surface area contributed by atoms with Crippen molar-refractivity contribution in [3.05, 3.63) is 0 Å². The Morgan fingerprint density at radius 3 is 1.86 bits per heavy atom. The lowest BCUT2D eigenvalue weighted by Crippen LogP contribution is -2.36. The largest absolute Gasteiger partial charge is 0.479 e. The van der Waals surface area contributed by atoms with Gasteiger partial charge in [0.25, 0.3) is 0 Å². The van der Waals surface area contributed by atoms with Crippen LogP contribution in [0.2, 0.25) is 0 Å². The number of rotatable bonds is 26. The van der Waals surface area contributed by atoms with Gasteiger partial charge in [-0.1, -0.05) is 104 Å². The Bertz CT molecular complexity index is 548. The summed E-state index contributed by atoms with van der Waals surface area (Å²) in [6.07, 6.45) is 17.1. The molecule has 0 aromatic carbocycles. The summed E-state index contributed by atoms with van der Waals surface area (Å²) < 4.78 is 23.1. The summed E-state index contributed by atoms with van der Waals surface area (Å²) in [5.74, 6) is -0.172. The molecule has 0 spiro atoms. The molecule has 0 bridgehead atoms. The minimum atomic E-state index is -4.00. The fraction of sp³-hybridized carbons (Fsp3) is 0.963. The van der Waals surface area contributed by atoms with Gasteiger partial charge in [-0.25, -0.2) is 4.79 Å². The van der Waals surface area contributed by atoms with Crippen LogP contribution in [0.15, 0.2) is 0 Å². The van der Waals surface area contributed by atoms with Crippen molar-refractivity contribution >= 4 is 25.3 Å². The van der Waals surface area contributed by atoms with Gasteiger partial charge in [0.05, 0.1) is 18.9 Å². The molecule has 0 radical (unpaired) electrons. The van der Waals surface area contributed by atoms with E-state index in [2.05, 4.69) is 13.8 Å². The van der Waals surface area contributed by atoms with E-state index in [1.54, 1.807) is 0 Å². The zero-order valence-corrected chi connectivity index (χ0v) is 24.8. The topological polar surface area (TPSA) is 93.1 Å². The summed E-state index contributed by atoms with van der Waals surface area (Å²) in [7, 11) is -4.00. The van der Waals surface area contributed by atoms with Gasteiger partial charge in [-0.15, -0.1) is 0 Å². The second kappa shape index (κ2) is 23.1. The highest BCUT2D eigenvalue weighted by atomic mass is 32.2. The second-order valence-electron chi connectivity index (χ2n) is 9.76. The molecule has 0 aliphatic carbocycles. The summed E-state index contributed by atoms with van der Waals surface area (Å²) in [4.78, 5) is 21.8. The average molecular weight is 539 g/mol. The molecule has 0 saturated heterocycles. The van der Waals surface area contributed by atoms with Gasteiger partial charge in [-0.3, -0.25) is 4.57 Å². The van der Waals surface area contributed by atoms with Crippen LogP contribution in [0.3, 0.4) is 0 Å². The number of unbranched alkanes of at least 4 members (excludes halogenated alkanes) is 12. The minimum Gasteiger partial charge on any atom is -0.479 e. The van der Waals surface area contributed by atoms with E-state index in [-0.39, 0.29) is 18.0 Å². The Morgan fingerprint density at radius 1 is 0.829 bits per heavy atom. The van der Waals surface area contributed by atoms with Crippen molar-refractivity contribution in [3.63, 3.8) is 0 Å². The first-order chi connectivity index (χ1) is 16.8. The summed E-state index contributed by atoms with van der Waals surface area (Å²) in [6, 6.07) is 0. The molecule has 0 aliphatic heterocycles. The lowest BCUT2D eigenvalue weighted by molar-refractivity contribution is -0.152. The molecule has 0 heterocycles. The Hall–Kier alpha value is -0.0700. The maximum atomic E-state index is 12.3. The molecule has 2 N–H and O–H groups in total. The molecular weight excluding hydrogens is 483 g/mol. The zero-order chi connectivity index (χ0) is 26.4. The van der Waals surface area contributed by atoms with Gasteiger partial charge in [0.2, 0.25) is 0 Å². The molecule has 8 heteroatoms. The Labute approximate surface area is 220 Å². The molecule has 4 unspecified atom stereocenters. The molecular formula is C27H55O6PS. The molecule has 210 valence electrons. The molecule has 0 aromatic rings. The number of ether oxygens (including phenoxy) is 1. The fourth-order valence-electron chi connectivity index (χ4n) is 4.07. The van der Waals surface area contributed by atoms with E-state index in [0.29, 0.717) is 6.42 Å². The standard InChI is InChI=1S/C27H55O6PS/c1-5-8-10-12-13-14-15-16-17-19-22-35-26(20-18-11-9-6-2)24(4)33-25(27(28)29)23-34(30,31)32-21-7-3/h24-26H,5-23H2,1-4H3,(H,28,29)(H,30,31). The predicted molar refractivity (Wildman–Crippen MR) is 150 cm³/mol. The number of hydrogen-bond donors (Lipinski definition) is 2. The first-order valence-corrected chi connectivity index (χ1v) is 17.0. The molecule has 6 nitrogen and oxygen atoms in total. The molecule has 35 heavy (non-hydrogen) atoms. The van der Waals surface area contributed by atoms with Gasteiger partial charge in [0, 0.05) is 5.25 Å². The van der Waals surface area contributed by atoms with Crippen LogP contribution in [0, 0.1) is 0 Å². The van der Waals surface area contributed by atoms with Crippen LogP contribution < -0.4 is 0 Å². The van der Waals surface area contributed by atoms with Crippen molar-refractivity contribution in [1.82, 2.24) is 0 Å². The van der Waals surface area contributed by atoms with Crippen LogP contribution in [-0.4, -0.2) is 51.9 Å². The summed E-state index contributed by atoms with van der Waals surface area (Å²) >= 11 is 1.87. The van der Waals surface area contributed by atoms with Gasteiger partial charge in [-0.05, 0) is 31.9 Å². The first-order valence-electron chi connectivity index (χ1n) is 14.2. The summed E-state index contributed by atoms with van der Waals surface area (Å²) in [5, 5.41) is 9.78. The predicted octanol–water partition coefficient (Wildman–Crippen LogP) is 8.45. The lowest BCUT2D eigenvalue weighted by atomic mass is 10.1. The highest BCUT2D eigenvalue weighted by Gasteiger charge is 2.33. The van der Waals surface area contributed by atoms with Crippen LogP contribution in [0.1, 0.15) is 130 Å². The number of aliphatic carboxylic acids is 1. The second-order valence-corrected chi connectivity index (χ2v) is 13.0. The number of carboxylic acid groups (broad SMARTS) is 1. The van der Waals surface area contributed by atoms with Gasteiger partial charge >= 0.3 is 13.6 Å². The van der Waals surface area contributed by atoms with Crippen molar-refractivity contribution in [3.8, 4) is 0 Å². The number of carboxylic acids is 1. The normalized spacial score (nSPS) is 16.0. The van der Waals surface area contributed by atoms with Crippen LogP contribution in [0.5, 0.6) is 0 Å². The Kier molecular flexibility index (Phi) is 23.0. The van der Waals surface area contributed by atoms with E-state index in [4.69, 9.17) is 9.26 Å². The summed E-state index contributed by atoms with van der Waals surface area (Å²) in [6.45, 7) is 8.31. The number of hydrogen-bond acceptors (Lipinski definition) is 5. The average Bonchev–Trinajstić information content (AvgIpc) is 2.81. The SMILES string of the molecule is CCCCCCCCCCCCSC(CCCCCC)C(C)OC(CP(=O)(O)OCCC)C(=O)O. The molecule has 0 aliphatic rings.